The SMILES string of the molecule is CCCCc1ccc2c(c1)C(COC(C)=O)c1cc(CCCC)ccc1S2. The largest absolute Gasteiger partial charge is 0.465 e. The molecule has 2 nitrogen and oxygen atoms in total. The van der Waals surface area contributed by atoms with Gasteiger partial charge in [-0.2, -0.15) is 0 Å². The zero-order chi connectivity index (χ0) is 19.2. The Morgan fingerprint density at radius 2 is 1.44 bits per heavy atom. The van der Waals surface area contributed by atoms with E-state index in [1.165, 1.54) is 64.7 Å². The molecule has 27 heavy (non-hydrogen) atoms. The van der Waals surface area contributed by atoms with Gasteiger partial charge in [0.05, 0.1) is 0 Å². The van der Waals surface area contributed by atoms with Gasteiger partial charge in [-0.05, 0) is 60.1 Å². The van der Waals surface area contributed by atoms with Crippen molar-refractivity contribution in [2.24, 2.45) is 0 Å². The van der Waals surface area contributed by atoms with Crippen LogP contribution in [0.4, 0.5) is 0 Å². The van der Waals surface area contributed by atoms with E-state index in [0.717, 1.165) is 12.8 Å². The predicted octanol–water partition coefficient (Wildman–Crippen LogP) is 6.53. The van der Waals surface area contributed by atoms with Crippen molar-refractivity contribution in [1.29, 1.82) is 0 Å². The Morgan fingerprint density at radius 1 is 0.926 bits per heavy atom. The van der Waals surface area contributed by atoms with E-state index < -0.39 is 0 Å². The third-order valence-electron chi connectivity index (χ3n) is 5.21. The predicted molar refractivity (Wildman–Crippen MR) is 113 cm³/mol. The topological polar surface area (TPSA) is 26.3 Å². The fraction of sp³-hybridized carbons (Fsp3) is 0.458. The molecule has 2 aromatic carbocycles. The van der Waals surface area contributed by atoms with E-state index in [-0.39, 0.29) is 11.9 Å². The van der Waals surface area contributed by atoms with Crippen LogP contribution in [0.3, 0.4) is 0 Å². The molecule has 1 heterocycles. The van der Waals surface area contributed by atoms with E-state index in [4.69, 9.17) is 4.74 Å². The van der Waals surface area contributed by atoms with Crippen molar-refractivity contribution in [2.45, 2.75) is 75.0 Å². The molecule has 0 saturated heterocycles. The lowest BCUT2D eigenvalue weighted by molar-refractivity contribution is -0.141. The number of aryl methyl sites for hydroxylation is 2. The second-order valence-corrected chi connectivity index (χ2v) is 8.49. The molecular weight excluding hydrogens is 352 g/mol. The Kier molecular flexibility index (Phi) is 7.01. The molecular formula is C24H30O2S. The summed E-state index contributed by atoms with van der Waals surface area (Å²) in [4.78, 5) is 14.1. The number of esters is 1. The van der Waals surface area contributed by atoms with Crippen molar-refractivity contribution < 1.29 is 9.53 Å². The minimum absolute atomic E-state index is 0.128. The van der Waals surface area contributed by atoms with E-state index in [1.807, 2.05) is 11.8 Å². The summed E-state index contributed by atoms with van der Waals surface area (Å²) in [6.07, 6.45) is 7.03. The normalized spacial score (nSPS) is 13.1. The van der Waals surface area contributed by atoms with Gasteiger partial charge in [0.2, 0.25) is 0 Å². The zero-order valence-electron chi connectivity index (χ0n) is 16.7. The fourth-order valence-corrected chi connectivity index (χ4v) is 4.81. The summed E-state index contributed by atoms with van der Waals surface area (Å²) in [7, 11) is 0. The van der Waals surface area contributed by atoms with Crippen LogP contribution in [-0.4, -0.2) is 12.6 Å². The van der Waals surface area contributed by atoms with Gasteiger partial charge in [-0.3, -0.25) is 4.79 Å². The monoisotopic (exact) mass is 382 g/mol. The Balaban J connectivity index is 1.97. The first-order chi connectivity index (χ1) is 13.1. The van der Waals surface area contributed by atoms with Crippen molar-refractivity contribution in [3.05, 3.63) is 58.7 Å². The number of hydrogen-bond donors (Lipinski definition) is 0. The molecule has 1 aliphatic heterocycles. The van der Waals surface area contributed by atoms with E-state index >= 15 is 0 Å². The number of fused-ring (bicyclic) bond motifs is 2. The van der Waals surface area contributed by atoms with Gasteiger partial charge in [0.15, 0.2) is 0 Å². The quantitative estimate of drug-likeness (QED) is 0.485. The smallest absolute Gasteiger partial charge is 0.302 e. The highest BCUT2D eigenvalue weighted by atomic mass is 32.2. The van der Waals surface area contributed by atoms with Crippen LogP contribution in [0.2, 0.25) is 0 Å². The van der Waals surface area contributed by atoms with Gasteiger partial charge in [-0.25, -0.2) is 0 Å². The first-order valence-electron chi connectivity index (χ1n) is 10.2. The van der Waals surface area contributed by atoms with Crippen molar-refractivity contribution in [1.82, 2.24) is 0 Å². The van der Waals surface area contributed by atoms with Crippen molar-refractivity contribution in [3.63, 3.8) is 0 Å². The fourth-order valence-electron chi connectivity index (χ4n) is 3.67. The summed E-state index contributed by atoms with van der Waals surface area (Å²) in [5.41, 5.74) is 5.40. The first kappa shape index (κ1) is 20.0. The van der Waals surface area contributed by atoms with Gasteiger partial charge in [0.1, 0.15) is 6.61 Å². The molecule has 0 saturated carbocycles. The van der Waals surface area contributed by atoms with Crippen LogP contribution in [-0.2, 0) is 22.4 Å². The summed E-state index contributed by atoms with van der Waals surface area (Å²) >= 11 is 1.85. The lowest BCUT2D eigenvalue weighted by Gasteiger charge is -2.28. The van der Waals surface area contributed by atoms with Gasteiger partial charge in [0.25, 0.3) is 0 Å². The lowest BCUT2D eigenvalue weighted by atomic mass is 9.88. The highest BCUT2D eigenvalue weighted by Crippen LogP contribution is 2.46. The molecule has 0 N–H and O–H groups in total. The summed E-state index contributed by atoms with van der Waals surface area (Å²) in [5, 5.41) is 0. The van der Waals surface area contributed by atoms with Crippen LogP contribution < -0.4 is 0 Å². The molecule has 144 valence electrons. The standard InChI is InChI=1S/C24H30O2S/c1-4-6-8-18-10-12-23-20(14-18)22(16-26-17(3)25)21-15-19(9-7-5-2)11-13-24(21)27-23/h10-15,22H,4-9,16H2,1-3H3. The average molecular weight is 383 g/mol. The van der Waals surface area contributed by atoms with Gasteiger partial charge in [-0.1, -0.05) is 62.7 Å². The molecule has 0 aromatic heterocycles. The van der Waals surface area contributed by atoms with Gasteiger partial charge < -0.3 is 4.74 Å². The van der Waals surface area contributed by atoms with Gasteiger partial charge in [0, 0.05) is 22.6 Å². The molecule has 0 bridgehead atoms. The van der Waals surface area contributed by atoms with E-state index in [9.17, 15) is 4.79 Å². The number of unbranched alkanes of at least 4 members (excludes halogenated alkanes) is 2. The van der Waals surface area contributed by atoms with Crippen LogP contribution >= 0.6 is 11.8 Å². The van der Waals surface area contributed by atoms with Gasteiger partial charge in [-0.15, -0.1) is 0 Å². The van der Waals surface area contributed by atoms with Crippen molar-refractivity contribution >= 4 is 17.7 Å². The Morgan fingerprint density at radius 3 is 1.89 bits per heavy atom. The molecule has 0 amide bonds. The Hall–Kier alpha value is -1.74. The summed E-state index contributed by atoms with van der Waals surface area (Å²) in [5.74, 6) is -0.0797. The maximum absolute atomic E-state index is 11.5. The van der Waals surface area contributed by atoms with Crippen LogP contribution in [0.25, 0.3) is 0 Å². The number of rotatable bonds is 8. The molecule has 3 rings (SSSR count). The number of carbonyl (C=O) groups excluding carboxylic acids is 1. The average Bonchev–Trinajstić information content (AvgIpc) is 2.67. The molecule has 0 unspecified atom stereocenters. The minimum Gasteiger partial charge on any atom is -0.465 e. The van der Waals surface area contributed by atoms with Crippen molar-refractivity contribution in [3.8, 4) is 0 Å². The molecule has 3 heteroatoms. The van der Waals surface area contributed by atoms with Crippen LogP contribution in [0.15, 0.2) is 46.2 Å². The third-order valence-corrected chi connectivity index (χ3v) is 6.39. The minimum atomic E-state index is -0.208. The van der Waals surface area contributed by atoms with Gasteiger partial charge >= 0.3 is 5.97 Å². The number of benzene rings is 2. The van der Waals surface area contributed by atoms with E-state index in [0.29, 0.717) is 6.61 Å². The second-order valence-electron chi connectivity index (χ2n) is 7.41. The third kappa shape index (κ3) is 4.95. The lowest BCUT2D eigenvalue weighted by Crippen LogP contribution is -2.17. The highest BCUT2D eigenvalue weighted by Gasteiger charge is 2.27. The first-order valence-corrected chi connectivity index (χ1v) is 11.0. The van der Waals surface area contributed by atoms with Crippen molar-refractivity contribution in [2.75, 3.05) is 6.61 Å². The number of carbonyl (C=O) groups is 1. The highest BCUT2D eigenvalue weighted by molar-refractivity contribution is 7.99. The summed E-state index contributed by atoms with van der Waals surface area (Å²) in [6, 6.07) is 13.7. The summed E-state index contributed by atoms with van der Waals surface area (Å²) < 4.78 is 5.49. The Labute approximate surface area is 167 Å². The maximum atomic E-state index is 11.5. The maximum Gasteiger partial charge on any atom is 0.302 e. The molecule has 0 aliphatic carbocycles. The molecule has 2 aromatic rings. The number of hydrogen-bond acceptors (Lipinski definition) is 3. The molecule has 0 fully saturated rings. The molecule has 0 spiro atoms. The zero-order valence-corrected chi connectivity index (χ0v) is 17.5. The van der Waals surface area contributed by atoms with E-state index in [2.05, 4.69) is 50.2 Å². The number of ether oxygens (including phenoxy) is 1. The van der Waals surface area contributed by atoms with Crippen LogP contribution in [0, 0.1) is 0 Å². The molecule has 0 radical (unpaired) electrons. The summed E-state index contributed by atoms with van der Waals surface area (Å²) in [6.45, 7) is 6.37. The van der Waals surface area contributed by atoms with Crippen LogP contribution in [0.5, 0.6) is 0 Å². The molecule has 0 atom stereocenters. The second kappa shape index (κ2) is 9.45. The van der Waals surface area contributed by atoms with Crippen LogP contribution in [0.1, 0.15) is 74.6 Å². The van der Waals surface area contributed by atoms with E-state index in [1.54, 1.807) is 0 Å². The Bertz CT molecular complexity index is 739. The molecule has 1 aliphatic rings.